The number of hydrogen-bond acceptors (Lipinski definition) is 4. The highest BCUT2D eigenvalue weighted by Crippen LogP contribution is 2.13. The topological polar surface area (TPSA) is 77.1 Å². The van der Waals surface area contributed by atoms with Crippen LogP contribution in [0.2, 0.25) is 0 Å². The van der Waals surface area contributed by atoms with Gasteiger partial charge in [0, 0.05) is 12.4 Å². The van der Waals surface area contributed by atoms with Crippen LogP contribution in [0.1, 0.15) is 34.7 Å². The third kappa shape index (κ3) is 3.19. The van der Waals surface area contributed by atoms with Gasteiger partial charge in [-0.2, -0.15) is 5.10 Å². The van der Waals surface area contributed by atoms with Crippen molar-refractivity contribution < 1.29 is 4.79 Å². The predicted molar refractivity (Wildman–Crippen MR) is 96.6 cm³/mol. The average molecular weight is 346 g/mol. The normalized spacial score (nSPS) is 12.2. The van der Waals surface area contributed by atoms with Crippen molar-refractivity contribution in [2.24, 2.45) is 0 Å². The van der Waals surface area contributed by atoms with E-state index in [2.05, 4.69) is 20.6 Å². The van der Waals surface area contributed by atoms with Crippen molar-refractivity contribution in [1.82, 2.24) is 29.7 Å². The third-order valence-electron chi connectivity index (χ3n) is 4.16. The number of rotatable bonds is 5. The zero-order valence-electron chi connectivity index (χ0n) is 14.3. The molecule has 0 spiro atoms. The van der Waals surface area contributed by atoms with Crippen LogP contribution in [0.4, 0.5) is 0 Å². The molecule has 130 valence electrons. The van der Waals surface area contributed by atoms with Gasteiger partial charge in [-0.25, -0.2) is 0 Å². The van der Waals surface area contributed by atoms with Crippen LogP contribution in [0.5, 0.6) is 0 Å². The summed E-state index contributed by atoms with van der Waals surface area (Å²) < 4.78 is 3.62. The molecule has 3 heterocycles. The van der Waals surface area contributed by atoms with Crippen molar-refractivity contribution in [3.05, 3.63) is 84.1 Å². The largest absolute Gasteiger partial charge is 0.342 e. The summed E-state index contributed by atoms with van der Waals surface area (Å²) in [6, 6.07) is 15.4. The second-order valence-corrected chi connectivity index (χ2v) is 6.09. The lowest BCUT2D eigenvalue weighted by molar-refractivity contribution is 0.0938. The van der Waals surface area contributed by atoms with Crippen LogP contribution in [-0.2, 0) is 6.54 Å². The van der Waals surface area contributed by atoms with Gasteiger partial charge in [-0.15, -0.1) is 10.2 Å². The number of nitrogens with zero attached hydrogens (tertiary/aromatic N) is 5. The Morgan fingerprint density at radius 1 is 1.12 bits per heavy atom. The van der Waals surface area contributed by atoms with Crippen LogP contribution in [0.15, 0.2) is 67.1 Å². The Bertz CT molecular complexity index is 1040. The van der Waals surface area contributed by atoms with E-state index in [4.69, 9.17) is 0 Å². The van der Waals surface area contributed by atoms with E-state index >= 15 is 0 Å². The molecule has 1 atom stereocenters. The van der Waals surface area contributed by atoms with Gasteiger partial charge in [0.15, 0.2) is 11.5 Å². The molecule has 0 saturated heterocycles. The van der Waals surface area contributed by atoms with Crippen molar-refractivity contribution in [2.75, 3.05) is 0 Å². The lowest BCUT2D eigenvalue weighted by atomic mass is 10.2. The molecule has 1 N–H and O–H groups in total. The smallest absolute Gasteiger partial charge is 0.255 e. The number of carbonyl (C=O) groups excluding carboxylic acids is 1. The van der Waals surface area contributed by atoms with Crippen molar-refractivity contribution >= 4 is 11.6 Å². The second kappa shape index (κ2) is 6.79. The first-order chi connectivity index (χ1) is 12.7. The Hall–Kier alpha value is -3.48. The van der Waals surface area contributed by atoms with Crippen LogP contribution >= 0.6 is 0 Å². The highest BCUT2D eigenvalue weighted by Gasteiger charge is 2.17. The van der Waals surface area contributed by atoms with Crippen molar-refractivity contribution in [3.63, 3.8) is 0 Å². The average Bonchev–Trinajstić information content (AvgIpc) is 3.29. The Morgan fingerprint density at radius 2 is 1.92 bits per heavy atom. The molecule has 1 aromatic carbocycles. The van der Waals surface area contributed by atoms with Gasteiger partial charge in [0.2, 0.25) is 0 Å². The Morgan fingerprint density at radius 3 is 2.77 bits per heavy atom. The maximum Gasteiger partial charge on any atom is 0.255 e. The first kappa shape index (κ1) is 16.0. The molecule has 0 aliphatic carbocycles. The summed E-state index contributed by atoms with van der Waals surface area (Å²) in [7, 11) is 0. The minimum Gasteiger partial charge on any atom is -0.342 e. The van der Waals surface area contributed by atoms with E-state index in [-0.39, 0.29) is 11.9 Å². The van der Waals surface area contributed by atoms with Gasteiger partial charge in [0.1, 0.15) is 0 Å². The molecule has 7 nitrogen and oxygen atoms in total. The minimum atomic E-state index is -0.280. The number of hydrogen-bond donors (Lipinski definition) is 1. The van der Waals surface area contributed by atoms with E-state index < -0.39 is 0 Å². The molecule has 4 rings (SSSR count). The van der Waals surface area contributed by atoms with Gasteiger partial charge in [0.25, 0.3) is 5.91 Å². The van der Waals surface area contributed by atoms with Gasteiger partial charge < -0.3 is 5.32 Å². The summed E-state index contributed by atoms with van der Waals surface area (Å²) in [5.41, 5.74) is 2.40. The Kier molecular flexibility index (Phi) is 4.18. The van der Waals surface area contributed by atoms with E-state index in [0.717, 1.165) is 11.2 Å². The van der Waals surface area contributed by atoms with Crippen LogP contribution in [-0.4, -0.2) is 30.3 Å². The molecular weight excluding hydrogens is 328 g/mol. The number of benzene rings is 1. The molecule has 0 unspecified atom stereocenters. The lowest BCUT2D eigenvalue weighted by Crippen LogP contribution is -2.27. The zero-order valence-corrected chi connectivity index (χ0v) is 14.3. The SMILES string of the molecule is C[C@@H](NC(=O)c1cnn(Cc2ccccc2)c1)c1nnc2ccccn12. The monoisotopic (exact) mass is 346 g/mol. The molecule has 0 saturated carbocycles. The maximum atomic E-state index is 12.5. The van der Waals surface area contributed by atoms with E-state index in [1.807, 2.05) is 66.1 Å². The lowest BCUT2D eigenvalue weighted by Gasteiger charge is -2.11. The molecule has 0 aliphatic rings. The molecule has 4 aromatic rings. The van der Waals surface area contributed by atoms with Gasteiger partial charge >= 0.3 is 0 Å². The molecule has 3 aromatic heterocycles. The molecule has 0 aliphatic heterocycles. The van der Waals surface area contributed by atoms with Crippen molar-refractivity contribution in [2.45, 2.75) is 19.5 Å². The summed E-state index contributed by atoms with van der Waals surface area (Å²) in [4.78, 5) is 12.5. The molecule has 0 fully saturated rings. The number of pyridine rings is 1. The van der Waals surface area contributed by atoms with Crippen molar-refractivity contribution in [3.8, 4) is 0 Å². The van der Waals surface area contributed by atoms with E-state index in [1.54, 1.807) is 17.1 Å². The van der Waals surface area contributed by atoms with Crippen molar-refractivity contribution in [1.29, 1.82) is 0 Å². The number of nitrogens with one attached hydrogen (secondary N) is 1. The summed E-state index contributed by atoms with van der Waals surface area (Å²) >= 11 is 0. The first-order valence-electron chi connectivity index (χ1n) is 8.37. The van der Waals surface area contributed by atoms with Crippen LogP contribution < -0.4 is 5.32 Å². The minimum absolute atomic E-state index is 0.190. The summed E-state index contributed by atoms with van der Waals surface area (Å²) in [5.74, 6) is 0.495. The molecule has 7 heteroatoms. The predicted octanol–water partition coefficient (Wildman–Crippen LogP) is 2.47. The van der Waals surface area contributed by atoms with Crippen LogP contribution in [0.3, 0.4) is 0 Å². The maximum absolute atomic E-state index is 12.5. The van der Waals surface area contributed by atoms with E-state index in [9.17, 15) is 4.79 Å². The molecule has 26 heavy (non-hydrogen) atoms. The quantitative estimate of drug-likeness (QED) is 0.602. The molecular formula is C19H18N6O. The summed E-state index contributed by atoms with van der Waals surface area (Å²) in [6.45, 7) is 2.51. The first-order valence-corrected chi connectivity index (χ1v) is 8.37. The van der Waals surface area contributed by atoms with Gasteiger partial charge in [-0.3, -0.25) is 13.9 Å². The Balaban J connectivity index is 1.46. The van der Waals surface area contributed by atoms with Gasteiger partial charge in [0.05, 0.1) is 24.3 Å². The van der Waals surface area contributed by atoms with Gasteiger partial charge in [-0.05, 0) is 24.6 Å². The molecule has 1 amide bonds. The molecule has 0 radical (unpaired) electrons. The Labute approximate surface area is 150 Å². The fourth-order valence-corrected chi connectivity index (χ4v) is 2.84. The second-order valence-electron chi connectivity index (χ2n) is 6.09. The van der Waals surface area contributed by atoms with Crippen LogP contribution in [0.25, 0.3) is 5.65 Å². The number of fused-ring (bicyclic) bond motifs is 1. The molecule has 0 bridgehead atoms. The highest BCUT2D eigenvalue weighted by molar-refractivity contribution is 5.93. The zero-order chi connectivity index (χ0) is 17.9. The number of amides is 1. The fraction of sp³-hybridized carbons (Fsp3) is 0.158. The van der Waals surface area contributed by atoms with Crippen LogP contribution in [0, 0.1) is 0 Å². The number of carbonyl (C=O) groups is 1. The van der Waals surface area contributed by atoms with E-state index in [0.29, 0.717) is 17.9 Å². The highest BCUT2D eigenvalue weighted by atomic mass is 16.1. The van der Waals surface area contributed by atoms with E-state index in [1.165, 1.54) is 0 Å². The summed E-state index contributed by atoms with van der Waals surface area (Å²) in [5, 5.41) is 15.5. The fourth-order valence-electron chi connectivity index (χ4n) is 2.84. The van der Waals surface area contributed by atoms with Gasteiger partial charge in [-0.1, -0.05) is 36.4 Å². The number of aromatic nitrogens is 5. The standard InChI is InChI=1S/C19H18N6O/c1-14(18-23-22-17-9-5-6-10-25(17)18)21-19(26)16-11-20-24(13-16)12-15-7-3-2-4-8-15/h2-11,13-14H,12H2,1H3,(H,21,26)/t14-/m1/s1. The third-order valence-corrected chi connectivity index (χ3v) is 4.16. The summed E-state index contributed by atoms with van der Waals surface area (Å²) in [6.07, 6.45) is 5.20.